The SMILES string of the molecule is O=C(O)c1ccc2c(c1)ncn2-c1ccc(Cl)cc1I. The summed E-state index contributed by atoms with van der Waals surface area (Å²) in [6, 6.07) is 10.5. The van der Waals surface area contributed by atoms with Gasteiger partial charge in [0.1, 0.15) is 6.33 Å². The molecule has 3 aromatic rings. The second-order valence-electron chi connectivity index (χ2n) is 4.22. The van der Waals surface area contributed by atoms with Gasteiger partial charge in [0.25, 0.3) is 0 Å². The number of aromatic nitrogens is 2. The van der Waals surface area contributed by atoms with Crippen molar-refractivity contribution in [3.05, 3.63) is 56.9 Å². The van der Waals surface area contributed by atoms with Crippen LogP contribution in [0.5, 0.6) is 0 Å². The highest BCUT2D eigenvalue weighted by Crippen LogP contribution is 2.25. The standard InChI is InChI=1S/C14H8ClIN2O2/c15-9-2-4-12(10(16)6-9)18-7-17-11-5-8(14(19)20)1-3-13(11)18/h1-7H,(H,19,20). The lowest BCUT2D eigenvalue weighted by molar-refractivity contribution is 0.0697. The molecule has 3 rings (SSSR count). The van der Waals surface area contributed by atoms with Crippen LogP contribution in [0.3, 0.4) is 0 Å². The minimum absolute atomic E-state index is 0.230. The van der Waals surface area contributed by atoms with Crippen molar-refractivity contribution in [1.29, 1.82) is 0 Å². The van der Waals surface area contributed by atoms with Gasteiger partial charge < -0.3 is 5.11 Å². The molecule has 1 N–H and O–H groups in total. The van der Waals surface area contributed by atoms with Gasteiger partial charge in [-0.2, -0.15) is 0 Å². The molecule has 0 aliphatic rings. The molecule has 2 aromatic carbocycles. The largest absolute Gasteiger partial charge is 0.478 e. The van der Waals surface area contributed by atoms with E-state index in [2.05, 4.69) is 27.6 Å². The van der Waals surface area contributed by atoms with Crippen LogP contribution in [0, 0.1) is 3.57 Å². The highest BCUT2D eigenvalue weighted by Gasteiger charge is 2.10. The molecule has 0 spiro atoms. The van der Waals surface area contributed by atoms with E-state index in [1.165, 1.54) is 0 Å². The zero-order valence-electron chi connectivity index (χ0n) is 10.0. The smallest absolute Gasteiger partial charge is 0.335 e. The van der Waals surface area contributed by atoms with Crippen LogP contribution in [0.1, 0.15) is 10.4 Å². The van der Waals surface area contributed by atoms with Crippen LogP contribution in [0.25, 0.3) is 16.7 Å². The highest BCUT2D eigenvalue weighted by atomic mass is 127. The third-order valence-electron chi connectivity index (χ3n) is 2.96. The fourth-order valence-electron chi connectivity index (χ4n) is 2.01. The van der Waals surface area contributed by atoms with Gasteiger partial charge in [-0.15, -0.1) is 0 Å². The number of carboxylic acid groups (broad SMARTS) is 1. The zero-order valence-corrected chi connectivity index (χ0v) is 13.0. The summed E-state index contributed by atoms with van der Waals surface area (Å²) in [6.07, 6.45) is 1.68. The molecule has 0 amide bonds. The molecule has 6 heteroatoms. The molecule has 0 unspecified atom stereocenters. The first kappa shape index (κ1) is 13.4. The number of aromatic carboxylic acids is 1. The second-order valence-corrected chi connectivity index (χ2v) is 5.82. The molecule has 20 heavy (non-hydrogen) atoms. The number of fused-ring (bicyclic) bond motifs is 1. The number of imidazole rings is 1. The average Bonchev–Trinajstić information content (AvgIpc) is 2.81. The molecule has 0 bridgehead atoms. The van der Waals surface area contributed by atoms with E-state index >= 15 is 0 Å². The van der Waals surface area contributed by atoms with Gasteiger partial charge in [-0.3, -0.25) is 4.57 Å². The van der Waals surface area contributed by atoms with Crippen molar-refractivity contribution in [2.45, 2.75) is 0 Å². The highest BCUT2D eigenvalue weighted by molar-refractivity contribution is 14.1. The lowest BCUT2D eigenvalue weighted by Crippen LogP contribution is -1.97. The maximum absolute atomic E-state index is 11.0. The molecule has 0 radical (unpaired) electrons. The Hall–Kier alpha value is -1.60. The quantitative estimate of drug-likeness (QED) is 0.664. The first-order chi connectivity index (χ1) is 9.56. The molecule has 0 aliphatic carbocycles. The van der Waals surface area contributed by atoms with Gasteiger partial charge >= 0.3 is 5.97 Å². The van der Waals surface area contributed by atoms with Crippen LogP contribution in [-0.2, 0) is 0 Å². The van der Waals surface area contributed by atoms with Crippen molar-refractivity contribution in [1.82, 2.24) is 9.55 Å². The molecule has 0 atom stereocenters. The fourth-order valence-corrected chi connectivity index (χ4v) is 3.15. The van der Waals surface area contributed by atoms with E-state index in [1.807, 2.05) is 22.8 Å². The zero-order chi connectivity index (χ0) is 14.3. The third kappa shape index (κ3) is 2.27. The lowest BCUT2D eigenvalue weighted by Gasteiger charge is -2.07. The summed E-state index contributed by atoms with van der Waals surface area (Å²) < 4.78 is 2.91. The van der Waals surface area contributed by atoms with Crippen molar-refractivity contribution >= 4 is 51.2 Å². The fraction of sp³-hybridized carbons (Fsp3) is 0. The van der Waals surface area contributed by atoms with E-state index in [0.29, 0.717) is 10.5 Å². The summed E-state index contributed by atoms with van der Waals surface area (Å²) in [5.41, 5.74) is 2.69. The van der Waals surface area contributed by atoms with Crippen molar-refractivity contribution in [2.75, 3.05) is 0 Å². The number of halogens is 2. The van der Waals surface area contributed by atoms with Gasteiger partial charge in [0.15, 0.2) is 0 Å². The maximum Gasteiger partial charge on any atom is 0.335 e. The van der Waals surface area contributed by atoms with Crippen molar-refractivity contribution in [3.8, 4) is 5.69 Å². The van der Waals surface area contributed by atoms with Crippen LogP contribution in [0.15, 0.2) is 42.7 Å². The number of benzene rings is 2. The Balaban J connectivity index is 2.20. The molecule has 1 heterocycles. The Morgan fingerprint density at radius 1 is 1.25 bits per heavy atom. The van der Waals surface area contributed by atoms with Gasteiger partial charge in [-0.05, 0) is 59.0 Å². The normalized spacial score (nSPS) is 10.9. The topological polar surface area (TPSA) is 55.1 Å². The van der Waals surface area contributed by atoms with Crippen LogP contribution >= 0.6 is 34.2 Å². The van der Waals surface area contributed by atoms with Crippen LogP contribution in [0.4, 0.5) is 0 Å². The minimum atomic E-state index is -0.956. The first-order valence-corrected chi connectivity index (χ1v) is 7.18. The Labute approximate surface area is 133 Å². The Bertz CT molecular complexity index is 829. The van der Waals surface area contributed by atoms with Gasteiger partial charge in [0.05, 0.1) is 22.3 Å². The summed E-state index contributed by atoms with van der Waals surface area (Å²) in [5, 5.41) is 9.67. The second kappa shape index (κ2) is 5.06. The molecule has 100 valence electrons. The Morgan fingerprint density at radius 3 is 2.75 bits per heavy atom. The summed E-state index contributed by atoms with van der Waals surface area (Å²) in [6.45, 7) is 0. The predicted molar refractivity (Wildman–Crippen MR) is 85.8 cm³/mol. The number of hydrogen-bond donors (Lipinski definition) is 1. The Morgan fingerprint density at radius 2 is 2.05 bits per heavy atom. The maximum atomic E-state index is 11.0. The molecule has 0 fully saturated rings. The number of carboxylic acids is 1. The minimum Gasteiger partial charge on any atom is -0.478 e. The van der Waals surface area contributed by atoms with E-state index in [9.17, 15) is 4.79 Å². The number of nitrogens with zero attached hydrogens (tertiary/aromatic N) is 2. The summed E-state index contributed by atoms with van der Waals surface area (Å²) >= 11 is 8.17. The van der Waals surface area contributed by atoms with E-state index in [1.54, 1.807) is 24.5 Å². The van der Waals surface area contributed by atoms with Gasteiger partial charge in [-0.1, -0.05) is 11.6 Å². The average molecular weight is 399 g/mol. The summed E-state index contributed by atoms with van der Waals surface area (Å²) in [7, 11) is 0. The number of rotatable bonds is 2. The van der Waals surface area contributed by atoms with Gasteiger partial charge in [0, 0.05) is 8.59 Å². The third-order valence-corrected chi connectivity index (χ3v) is 4.06. The summed E-state index contributed by atoms with van der Waals surface area (Å²) in [4.78, 5) is 15.2. The van der Waals surface area contributed by atoms with Crippen molar-refractivity contribution in [2.24, 2.45) is 0 Å². The van der Waals surface area contributed by atoms with Crippen molar-refractivity contribution < 1.29 is 9.90 Å². The van der Waals surface area contributed by atoms with Crippen LogP contribution in [-0.4, -0.2) is 20.6 Å². The van der Waals surface area contributed by atoms with E-state index < -0.39 is 5.97 Å². The molecule has 0 aliphatic heterocycles. The molecule has 1 aromatic heterocycles. The predicted octanol–water partition coefficient (Wildman–Crippen LogP) is 3.98. The monoisotopic (exact) mass is 398 g/mol. The van der Waals surface area contributed by atoms with E-state index in [0.717, 1.165) is 14.8 Å². The van der Waals surface area contributed by atoms with Gasteiger partial charge in [-0.25, -0.2) is 9.78 Å². The van der Waals surface area contributed by atoms with Crippen LogP contribution < -0.4 is 0 Å². The van der Waals surface area contributed by atoms with E-state index in [-0.39, 0.29) is 5.56 Å². The van der Waals surface area contributed by atoms with Crippen LogP contribution in [0.2, 0.25) is 5.02 Å². The van der Waals surface area contributed by atoms with Crippen molar-refractivity contribution in [3.63, 3.8) is 0 Å². The Kier molecular flexibility index (Phi) is 3.39. The molecule has 4 nitrogen and oxygen atoms in total. The lowest BCUT2D eigenvalue weighted by atomic mass is 10.2. The molecule has 0 saturated heterocycles. The summed E-state index contributed by atoms with van der Waals surface area (Å²) in [5.74, 6) is -0.956. The van der Waals surface area contributed by atoms with E-state index in [4.69, 9.17) is 16.7 Å². The van der Waals surface area contributed by atoms with Gasteiger partial charge in [0.2, 0.25) is 0 Å². The molecule has 0 saturated carbocycles. The molecular formula is C14H8ClIN2O2. The number of hydrogen-bond acceptors (Lipinski definition) is 2. The molecular weight excluding hydrogens is 391 g/mol. The number of carbonyl (C=O) groups is 1. The first-order valence-electron chi connectivity index (χ1n) is 5.72.